The van der Waals surface area contributed by atoms with E-state index in [1.807, 2.05) is 0 Å². The van der Waals surface area contributed by atoms with Gasteiger partial charge in [-0.05, 0) is 88.6 Å². The van der Waals surface area contributed by atoms with Crippen molar-refractivity contribution in [3.63, 3.8) is 0 Å². The highest BCUT2D eigenvalue weighted by atomic mass is 35.5. The molecule has 7 rings (SSSR count). The van der Waals surface area contributed by atoms with Gasteiger partial charge in [-0.25, -0.2) is 0 Å². The lowest BCUT2D eigenvalue weighted by Gasteiger charge is -2.33. The smallest absolute Gasteiger partial charge is 0.0454 e. The Morgan fingerprint density at radius 3 is 2.09 bits per heavy atom. The lowest BCUT2D eigenvalue weighted by molar-refractivity contribution is 0.405. The normalized spacial score (nSPS) is 22.7. The standard InChI is InChI=1S/C40H43ClN2/c1-39(2)34(42(5)32-22-18-26-12-7-9-16-30(26)36(32)39)24-20-28-14-11-15-29(38(28)41)21-25-35-40(3,4)37-31-17-10-8-13-27(31)19-23-33(37)43(35)6/h7-10,12-13,16-20,22-24,35H,11,14-15,21,25H2,1-6H3/b28-20+,34-24+. The number of rotatable bonds is 4. The van der Waals surface area contributed by atoms with Crippen LogP contribution in [-0.4, -0.2) is 20.1 Å². The van der Waals surface area contributed by atoms with Gasteiger partial charge in [-0.3, -0.25) is 0 Å². The van der Waals surface area contributed by atoms with Crippen LogP contribution in [0.3, 0.4) is 0 Å². The van der Waals surface area contributed by atoms with Gasteiger partial charge in [0.1, 0.15) is 0 Å². The van der Waals surface area contributed by atoms with Gasteiger partial charge in [0, 0.05) is 53.1 Å². The Labute approximate surface area is 262 Å². The minimum atomic E-state index is -0.0898. The van der Waals surface area contributed by atoms with Gasteiger partial charge in [-0.15, -0.1) is 0 Å². The third kappa shape index (κ3) is 4.36. The van der Waals surface area contributed by atoms with Gasteiger partial charge in [-0.2, -0.15) is 0 Å². The zero-order chi connectivity index (χ0) is 30.1. The summed E-state index contributed by atoms with van der Waals surface area (Å²) >= 11 is 7.22. The van der Waals surface area contributed by atoms with E-state index in [0.29, 0.717) is 6.04 Å². The summed E-state index contributed by atoms with van der Waals surface area (Å²) in [5, 5.41) is 6.38. The molecule has 0 amide bonds. The summed E-state index contributed by atoms with van der Waals surface area (Å²) in [6, 6.07) is 27.2. The van der Waals surface area contributed by atoms with Crippen molar-refractivity contribution in [3.8, 4) is 0 Å². The van der Waals surface area contributed by atoms with Crippen LogP contribution in [0.1, 0.15) is 70.9 Å². The molecule has 0 fully saturated rings. The van der Waals surface area contributed by atoms with Gasteiger partial charge in [0.25, 0.3) is 0 Å². The Kier molecular flexibility index (Phi) is 6.78. The van der Waals surface area contributed by atoms with Gasteiger partial charge in [0.05, 0.1) is 0 Å². The number of anilines is 2. The van der Waals surface area contributed by atoms with Crippen LogP contribution in [0.15, 0.2) is 107 Å². The topological polar surface area (TPSA) is 6.48 Å². The third-order valence-electron chi connectivity index (χ3n) is 10.8. The van der Waals surface area contributed by atoms with Crippen molar-refractivity contribution in [3.05, 3.63) is 118 Å². The first-order valence-corrected chi connectivity index (χ1v) is 16.3. The van der Waals surface area contributed by atoms with E-state index in [0.717, 1.165) is 30.7 Å². The van der Waals surface area contributed by atoms with Crippen LogP contribution in [0, 0.1) is 0 Å². The number of fused-ring (bicyclic) bond motifs is 6. The van der Waals surface area contributed by atoms with E-state index >= 15 is 0 Å². The highest BCUT2D eigenvalue weighted by Crippen LogP contribution is 2.51. The zero-order valence-corrected chi connectivity index (χ0v) is 27.2. The number of hydrogen-bond donors (Lipinski definition) is 0. The fourth-order valence-electron chi connectivity index (χ4n) is 8.62. The molecule has 2 nitrogen and oxygen atoms in total. The van der Waals surface area contributed by atoms with Crippen molar-refractivity contribution in [1.82, 2.24) is 0 Å². The molecular weight excluding hydrogens is 544 g/mol. The second-order valence-electron chi connectivity index (χ2n) is 13.9. The molecule has 3 heteroatoms. The largest absolute Gasteiger partial charge is 0.370 e. The number of allylic oxidation sites excluding steroid dienone is 6. The van der Waals surface area contributed by atoms with Crippen molar-refractivity contribution < 1.29 is 0 Å². The van der Waals surface area contributed by atoms with E-state index in [-0.39, 0.29) is 10.8 Å². The second-order valence-corrected chi connectivity index (χ2v) is 14.3. The lowest BCUT2D eigenvalue weighted by Crippen LogP contribution is -2.39. The molecule has 0 saturated heterocycles. The Bertz CT molecular complexity index is 1850. The molecule has 0 radical (unpaired) electrons. The van der Waals surface area contributed by atoms with Crippen molar-refractivity contribution in [2.75, 3.05) is 23.9 Å². The molecule has 4 aromatic rings. The fourth-order valence-corrected chi connectivity index (χ4v) is 8.96. The average Bonchev–Trinajstić information content (AvgIpc) is 3.33. The number of nitrogens with zero attached hydrogens (tertiary/aromatic N) is 2. The molecule has 4 aromatic carbocycles. The zero-order valence-electron chi connectivity index (χ0n) is 26.5. The Morgan fingerprint density at radius 2 is 1.40 bits per heavy atom. The van der Waals surface area contributed by atoms with E-state index in [4.69, 9.17) is 11.6 Å². The molecule has 0 aromatic heterocycles. The molecule has 43 heavy (non-hydrogen) atoms. The van der Waals surface area contributed by atoms with Gasteiger partial charge in [0.2, 0.25) is 0 Å². The minimum Gasteiger partial charge on any atom is -0.370 e. The van der Waals surface area contributed by atoms with Crippen molar-refractivity contribution in [2.45, 2.75) is 76.7 Å². The molecule has 1 aliphatic carbocycles. The number of halogens is 1. The monoisotopic (exact) mass is 586 g/mol. The summed E-state index contributed by atoms with van der Waals surface area (Å²) in [6.45, 7) is 9.58. The van der Waals surface area contributed by atoms with Gasteiger partial charge < -0.3 is 9.80 Å². The highest BCUT2D eigenvalue weighted by molar-refractivity contribution is 6.32. The average molecular weight is 587 g/mol. The summed E-state index contributed by atoms with van der Waals surface area (Å²) in [4.78, 5) is 4.90. The van der Waals surface area contributed by atoms with Gasteiger partial charge in [-0.1, -0.05) is 112 Å². The Morgan fingerprint density at radius 1 is 0.767 bits per heavy atom. The molecule has 0 saturated carbocycles. The summed E-state index contributed by atoms with van der Waals surface area (Å²) < 4.78 is 0. The van der Waals surface area contributed by atoms with E-state index in [9.17, 15) is 0 Å². The molecule has 1 atom stereocenters. The first kappa shape index (κ1) is 28.3. The van der Waals surface area contributed by atoms with Crippen LogP contribution >= 0.6 is 11.6 Å². The maximum atomic E-state index is 7.22. The number of hydrogen-bond acceptors (Lipinski definition) is 2. The summed E-state index contributed by atoms with van der Waals surface area (Å²) in [7, 11) is 4.49. The summed E-state index contributed by atoms with van der Waals surface area (Å²) in [5.41, 5.74) is 9.60. The van der Waals surface area contributed by atoms with E-state index in [1.54, 1.807) is 0 Å². The van der Waals surface area contributed by atoms with Crippen LogP contribution in [0.2, 0.25) is 0 Å². The maximum Gasteiger partial charge on any atom is 0.0454 e. The molecule has 0 bridgehead atoms. The molecule has 0 N–H and O–H groups in total. The fraction of sp³-hybridized carbons (Fsp3) is 0.350. The number of benzene rings is 4. The second kappa shape index (κ2) is 10.3. The predicted molar refractivity (Wildman–Crippen MR) is 187 cm³/mol. The van der Waals surface area contributed by atoms with E-state index in [2.05, 4.69) is 137 Å². The first-order valence-electron chi connectivity index (χ1n) is 15.9. The van der Waals surface area contributed by atoms with Crippen LogP contribution in [-0.2, 0) is 10.8 Å². The summed E-state index contributed by atoms with van der Waals surface area (Å²) in [5.74, 6) is 0. The predicted octanol–water partition coefficient (Wildman–Crippen LogP) is 10.8. The van der Waals surface area contributed by atoms with Crippen LogP contribution in [0.25, 0.3) is 21.5 Å². The highest BCUT2D eigenvalue weighted by Gasteiger charge is 2.44. The van der Waals surface area contributed by atoms with Crippen LogP contribution in [0.4, 0.5) is 11.4 Å². The first-order chi connectivity index (χ1) is 20.6. The molecular formula is C40H43ClN2. The molecule has 1 unspecified atom stereocenters. The molecule has 220 valence electrons. The molecule has 3 aliphatic rings. The summed E-state index contributed by atoms with van der Waals surface area (Å²) in [6.07, 6.45) is 10.1. The number of likely N-dealkylation sites (N-methyl/N-ethyl adjacent to an activating group) is 2. The van der Waals surface area contributed by atoms with Gasteiger partial charge in [0.15, 0.2) is 0 Å². The molecule has 2 aliphatic heterocycles. The Balaban J connectivity index is 1.16. The van der Waals surface area contributed by atoms with E-state index in [1.165, 1.54) is 67.3 Å². The van der Waals surface area contributed by atoms with Crippen molar-refractivity contribution in [2.24, 2.45) is 0 Å². The maximum absolute atomic E-state index is 7.22. The SMILES string of the molecule is CN1/C(=C/C=C2\CCCC(CCC3N(C)c4ccc5ccccc5c4C3(C)C)=C2Cl)C(C)(C)c2c1ccc1ccccc21. The van der Waals surface area contributed by atoms with Crippen molar-refractivity contribution in [1.29, 1.82) is 0 Å². The quantitative estimate of drug-likeness (QED) is 0.235. The van der Waals surface area contributed by atoms with E-state index < -0.39 is 0 Å². The van der Waals surface area contributed by atoms with Crippen LogP contribution in [0.5, 0.6) is 0 Å². The lowest BCUT2D eigenvalue weighted by atomic mass is 9.76. The third-order valence-corrected chi connectivity index (χ3v) is 11.3. The molecule has 0 spiro atoms. The van der Waals surface area contributed by atoms with Crippen LogP contribution < -0.4 is 9.80 Å². The molecule has 2 heterocycles. The Hall–Kier alpha value is -3.49. The minimum absolute atomic E-state index is 0.0631. The van der Waals surface area contributed by atoms with Gasteiger partial charge >= 0.3 is 0 Å². The van der Waals surface area contributed by atoms with Crippen molar-refractivity contribution >= 4 is 44.5 Å².